The van der Waals surface area contributed by atoms with Crippen LogP contribution in [0, 0.1) is 5.92 Å². The van der Waals surface area contributed by atoms with E-state index in [1.165, 1.54) is 13.0 Å². The van der Waals surface area contributed by atoms with Crippen LogP contribution in [0.15, 0.2) is 36.0 Å². The number of nitrogens with one attached hydrogen (secondary N) is 1. The average molecular weight is 478 g/mol. The Morgan fingerprint density at radius 2 is 2.00 bits per heavy atom. The molecule has 0 saturated carbocycles. The van der Waals surface area contributed by atoms with Crippen molar-refractivity contribution in [3.63, 3.8) is 0 Å². The molecule has 2 N–H and O–H groups in total. The summed E-state index contributed by atoms with van der Waals surface area (Å²) in [6, 6.07) is -0.0711. The van der Waals surface area contributed by atoms with Gasteiger partial charge in [-0.3, -0.25) is 9.59 Å². The molecule has 0 aromatic heterocycles. The van der Waals surface area contributed by atoms with Crippen LogP contribution in [0.25, 0.3) is 0 Å². The highest BCUT2D eigenvalue weighted by Crippen LogP contribution is 2.29. The van der Waals surface area contributed by atoms with Crippen LogP contribution in [0.1, 0.15) is 73.6 Å². The van der Waals surface area contributed by atoms with E-state index in [9.17, 15) is 14.7 Å². The van der Waals surface area contributed by atoms with Gasteiger partial charge in [-0.2, -0.15) is 0 Å². The molecule has 0 bridgehead atoms. The molecule has 0 aliphatic carbocycles. The molecule has 2 aliphatic heterocycles. The molecule has 2 heterocycles. The van der Waals surface area contributed by atoms with Gasteiger partial charge in [0.25, 0.3) is 0 Å². The standard InChI is InChI=1S/C27H43NO6/c1-7-27(31)14-15-32-23(17-27)11-8-18(2)9-12-25-19(3)16-24(21(5)34-25)28-26(30)13-10-20(4)33-22(6)29/h8-11,13,19-21,23-25,31H,7,12,14-17H2,1-6H3,(H,28,30)/b11-8+,13-10-,18-9+/t19?,20-,21+,23+,24?,25?,27-/m0/s1. The zero-order valence-electron chi connectivity index (χ0n) is 21.6. The molecular formula is C27H43NO6. The van der Waals surface area contributed by atoms with Crippen molar-refractivity contribution in [3.05, 3.63) is 36.0 Å². The molecule has 7 atom stereocenters. The SMILES string of the molecule is CC[C@]1(O)CCO[C@H](/C=C/C(C)=C/CC2O[C@H](C)C(NC(=O)/C=C\[C@H](C)OC(C)=O)CC2C)C1. The quantitative estimate of drug-likeness (QED) is 0.296. The summed E-state index contributed by atoms with van der Waals surface area (Å²) in [6.45, 7) is 11.9. The average Bonchev–Trinajstić information content (AvgIpc) is 2.77. The molecule has 0 spiro atoms. The van der Waals surface area contributed by atoms with Gasteiger partial charge in [-0.1, -0.05) is 37.6 Å². The topological polar surface area (TPSA) is 94.1 Å². The number of ether oxygens (including phenoxy) is 3. The van der Waals surface area contributed by atoms with Crippen LogP contribution < -0.4 is 5.32 Å². The zero-order valence-corrected chi connectivity index (χ0v) is 21.6. The molecule has 1 amide bonds. The van der Waals surface area contributed by atoms with Crippen LogP contribution in [0.4, 0.5) is 0 Å². The second-order valence-corrected chi connectivity index (χ2v) is 9.87. The minimum Gasteiger partial charge on any atom is -0.459 e. The third kappa shape index (κ3) is 9.35. The van der Waals surface area contributed by atoms with Gasteiger partial charge in [0.2, 0.25) is 5.91 Å². The second-order valence-electron chi connectivity index (χ2n) is 9.87. The van der Waals surface area contributed by atoms with Gasteiger partial charge >= 0.3 is 5.97 Å². The number of allylic oxidation sites excluding steroid dienone is 2. The molecule has 3 unspecified atom stereocenters. The highest BCUT2D eigenvalue weighted by molar-refractivity contribution is 5.87. The summed E-state index contributed by atoms with van der Waals surface area (Å²) in [7, 11) is 0. The Kier molecular flexibility index (Phi) is 11.0. The predicted octanol–water partition coefficient (Wildman–Crippen LogP) is 4.01. The number of rotatable bonds is 9. The maximum atomic E-state index is 12.3. The maximum Gasteiger partial charge on any atom is 0.303 e. The largest absolute Gasteiger partial charge is 0.459 e. The van der Waals surface area contributed by atoms with Crippen LogP contribution in [-0.4, -0.2) is 59.6 Å². The Balaban J connectivity index is 1.82. The molecule has 2 aliphatic rings. The van der Waals surface area contributed by atoms with E-state index in [1.54, 1.807) is 13.0 Å². The Hall–Kier alpha value is -1.96. The fourth-order valence-electron chi connectivity index (χ4n) is 4.48. The lowest BCUT2D eigenvalue weighted by Crippen LogP contribution is -2.50. The van der Waals surface area contributed by atoms with E-state index < -0.39 is 11.7 Å². The Morgan fingerprint density at radius 3 is 2.68 bits per heavy atom. The normalized spacial score (nSPS) is 33.7. The van der Waals surface area contributed by atoms with Crippen molar-refractivity contribution >= 4 is 11.9 Å². The van der Waals surface area contributed by atoms with Crippen LogP contribution >= 0.6 is 0 Å². The van der Waals surface area contributed by atoms with Crippen LogP contribution in [0.2, 0.25) is 0 Å². The van der Waals surface area contributed by atoms with Crippen molar-refractivity contribution in [2.75, 3.05) is 6.61 Å². The first-order chi connectivity index (χ1) is 16.0. The minimum atomic E-state index is -0.616. The van der Waals surface area contributed by atoms with E-state index in [4.69, 9.17) is 14.2 Å². The predicted molar refractivity (Wildman–Crippen MR) is 132 cm³/mol. The van der Waals surface area contributed by atoms with E-state index in [0.29, 0.717) is 25.4 Å². The van der Waals surface area contributed by atoms with Crippen molar-refractivity contribution in [1.82, 2.24) is 5.32 Å². The maximum absolute atomic E-state index is 12.3. The highest BCUT2D eigenvalue weighted by Gasteiger charge is 2.34. The monoisotopic (exact) mass is 477 g/mol. The Labute approximate surface area is 204 Å². The molecule has 0 aromatic carbocycles. The molecule has 0 radical (unpaired) electrons. The minimum absolute atomic E-state index is 0.0534. The summed E-state index contributed by atoms with van der Waals surface area (Å²) in [6.07, 6.45) is 12.5. The summed E-state index contributed by atoms with van der Waals surface area (Å²) in [5.74, 6) is -0.303. The van der Waals surface area contributed by atoms with E-state index in [-0.39, 0.29) is 36.2 Å². The zero-order chi connectivity index (χ0) is 25.3. The molecule has 2 fully saturated rings. The molecule has 34 heavy (non-hydrogen) atoms. The van der Waals surface area contributed by atoms with Crippen molar-refractivity contribution < 1.29 is 28.9 Å². The van der Waals surface area contributed by atoms with Gasteiger partial charge in [-0.25, -0.2) is 0 Å². The van der Waals surface area contributed by atoms with Crippen molar-refractivity contribution in [3.8, 4) is 0 Å². The molecule has 7 nitrogen and oxygen atoms in total. The van der Waals surface area contributed by atoms with Gasteiger partial charge in [0.1, 0.15) is 6.10 Å². The number of esters is 1. The highest BCUT2D eigenvalue weighted by atomic mass is 16.5. The number of carbonyl (C=O) groups excluding carboxylic acids is 2. The molecule has 0 aromatic rings. The van der Waals surface area contributed by atoms with Gasteiger partial charge < -0.3 is 24.6 Å². The van der Waals surface area contributed by atoms with Gasteiger partial charge in [-0.15, -0.1) is 0 Å². The molecular weight excluding hydrogens is 434 g/mol. The van der Waals surface area contributed by atoms with Gasteiger partial charge in [0.15, 0.2) is 0 Å². The number of carbonyl (C=O) groups is 2. The molecule has 2 rings (SSSR count). The fourth-order valence-corrected chi connectivity index (χ4v) is 4.48. The lowest BCUT2D eigenvalue weighted by Gasteiger charge is -2.39. The van der Waals surface area contributed by atoms with Crippen LogP contribution in [0.3, 0.4) is 0 Å². The number of hydrogen-bond acceptors (Lipinski definition) is 6. The van der Waals surface area contributed by atoms with Gasteiger partial charge in [-0.05, 0) is 58.4 Å². The third-order valence-corrected chi connectivity index (χ3v) is 6.80. The van der Waals surface area contributed by atoms with E-state index >= 15 is 0 Å². The first-order valence-corrected chi connectivity index (χ1v) is 12.5. The summed E-state index contributed by atoms with van der Waals surface area (Å²) in [5, 5.41) is 13.5. The second kappa shape index (κ2) is 13.2. The van der Waals surface area contributed by atoms with Crippen molar-refractivity contribution in [2.45, 2.75) is 110 Å². The Morgan fingerprint density at radius 1 is 1.26 bits per heavy atom. The fraction of sp³-hybridized carbons (Fsp3) is 0.704. The smallest absolute Gasteiger partial charge is 0.303 e. The summed E-state index contributed by atoms with van der Waals surface area (Å²) in [4.78, 5) is 23.2. The van der Waals surface area contributed by atoms with E-state index in [1.807, 2.05) is 19.9 Å². The van der Waals surface area contributed by atoms with Gasteiger partial charge in [0.05, 0.1) is 36.6 Å². The molecule has 2 saturated heterocycles. The Bertz CT molecular complexity index is 775. The van der Waals surface area contributed by atoms with Crippen molar-refractivity contribution in [2.24, 2.45) is 5.92 Å². The number of hydrogen-bond donors (Lipinski definition) is 2. The summed E-state index contributed by atoms with van der Waals surface area (Å²) >= 11 is 0. The van der Waals surface area contributed by atoms with E-state index in [2.05, 4.69) is 31.3 Å². The molecule has 192 valence electrons. The van der Waals surface area contributed by atoms with Crippen LogP contribution in [0.5, 0.6) is 0 Å². The lowest BCUT2D eigenvalue weighted by atomic mass is 9.87. The number of aliphatic hydroxyl groups is 1. The number of amides is 1. The lowest BCUT2D eigenvalue weighted by molar-refractivity contribution is -0.143. The first kappa shape index (κ1) is 28.3. The third-order valence-electron chi connectivity index (χ3n) is 6.80. The summed E-state index contributed by atoms with van der Waals surface area (Å²) in [5.41, 5.74) is 0.523. The first-order valence-electron chi connectivity index (χ1n) is 12.5. The van der Waals surface area contributed by atoms with Gasteiger partial charge in [0, 0.05) is 19.4 Å². The van der Waals surface area contributed by atoms with Crippen molar-refractivity contribution in [1.29, 1.82) is 0 Å². The summed E-state index contributed by atoms with van der Waals surface area (Å²) < 4.78 is 17.0. The van der Waals surface area contributed by atoms with E-state index in [0.717, 1.165) is 24.8 Å². The van der Waals surface area contributed by atoms with Crippen LogP contribution in [-0.2, 0) is 23.8 Å². The molecule has 7 heteroatoms.